The molecule has 0 atom stereocenters. The second-order valence-corrected chi connectivity index (χ2v) is 6.11. The average molecular weight is 362 g/mol. The third-order valence-electron chi connectivity index (χ3n) is 3.51. The molecule has 2 aromatic carbocycles. The van der Waals surface area contributed by atoms with Gasteiger partial charge in [-0.2, -0.15) is 0 Å². The van der Waals surface area contributed by atoms with Gasteiger partial charge in [0.15, 0.2) is 0 Å². The van der Waals surface area contributed by atoms with Gasteiger partial charge in [0, 0.05) is 16.1 Å². The van der Waals surface area contributed by atoms with Gasteiger partial charge in [0.2, 0.25) is 0 Å². The minimum Gasteiger partial charge on any atom is -0.496 e. The number of nitrogens with one attached hydrogen (secondary N) is 1. The Morgan fingerprint density at radius 1 is 1.08 bits per heavy atom. The highest BCUT2D eigenvalue weighted by Gasteiger charge is 2.11. The Morgan fingerprint density at radius 3 is 2.40 bits per heavy atom. The van der Waals surface area contributed by atoms with E-state index in [1.54, 1.807) is 30.3 Å². The maximum absolute atomic E-state index is 12.1. The van der Waals surface area contributed by atoms with Crippen molar-refractivity contribution >= 4 is 23.5 Å². The molecule has 0 saturated heterocycles. The normalized spacial score (nSPS) is 10.2. The van der Waals surface area contributed by atoms with Crippen molar-refractivity contribution in [3.63, 3.8) is 0 Å². The summed E-state index contributed by atoms with van der Waals surface area (Å²) in [7, 11) is 1.53. The molecular weight excluding hydrogens is 342 g/mol. The topological polar surface area (TPSA) is 64.6 Å². The van der Waals surface area contributed by atoms with E-state index >= 15 is 0 Å². The monoisotopic (exact) mass is 361 g/mol. The summed E-state index contributed by atoms with van der Waals surface area (Å²) >= 11 is 5.93. The maximum atomic E-state index is 12.1. The Bertz CT molecular complexity index is 769. The lowest BCUT2D eigenvalue weighted by molar-refractivity contribution is -0.143. The van der Waals surface area contributed by atoms with Crippen molar-refractivity contribution in [2.75, 3.05) is 13.7 Å². The summed E-state index contributed by atoms with van der Waals surface area (Å²) in [5.41, 5.74) is 3.15. The lowest BCUT2D eigenvalue weighted by Gasteiger charge is -2.10. The van der Waals surface area contributed by atoms with Gasteiger partial charge < -0.3 is 14.8 Å². The van der Waals surface area contributed by atoms with Gasteiger partial charge in [-0.15, -0.1) is 0 Å². The van der Waals surface area contributed by atoms with Crippen LogP contribution in [0, 0.1) is 13.8 Å². The molecule has 0 fully saturated rings. The minimum atomic E-state index is -0.542. The van der Waals surface area contributed by atoms with Crippen LogP contribution in [0.3, 0.4) is 0 Å². The number of ether oxygens (including phenoxy) is 2. The second kappa shape index (κ2) is 8.53. The number of rotatable bonds is 6. The van der Waals surface area contributed by atoms with Gasteiger partial charge in [0.1, 0.15) is 18.9 Å². The van der Waals surface area contributed by atoms with E-state index in [-0.39, 0.29) is 19.1 Å². The predicted octanol–water partition coefficient (Wildman–Crippen LogP) is 3.44. The zero-order valence-electron chi connectivity index (χ0n) is 14.4. The minimum absolute atomic E-state index is 0.0159. The van der Waals surface area contributed by atoms with Gasteiger partial charge in [-0.05, 0) is 44.2 Å². The highest BCUT2D eigenvalue weighted by atomic mass is 35.5. The summed E-state index contributed by atoms with van der Waals surface area (Å²) < 4.78 is 10.4. The quantitative estimate of drug-likeness (QED) is 0.800. The molecule has 0 bridgehead atoms. The van der Waals surface area contributed by atoms with Crippen LogP contribution in [0.15, 0.2) is 36.4 Å². The van der Waals surface area contributed by atoms with Gasteiger partial charge in [-0.3, -0.25) is 9.59 Å². The molecule has 0 aliphatic rings. The predicted molar refractivity (Wildman–Crippen MR) is 96.0 cm³/mol. The second-order valence-electron chi connectivity index (χ2n) is 5.68. The first-order valence-corrected chi connectivity index (χ1v) is 8.11. The van der Waals surface area contributed by atoms with Crippen molar-refractivity contribution in [3.8, 4) is 5.75 Å². The summed E-state index contributed by atoms with van der Waals surface area (Å²) in [6.07, 6.45) is 0. The largest absolute Gasteiger partial charge is 0.496 e. The van der Waals surface area contributed by atoms with E-state index in [2.05, 4.69) is 5.32 Å². The zero-order valence-corrected chi connectivity index (χ0v) is 15.1. The number of halogens is 1. The Balaban J connectivity index is 1.88. The van der Waals surface area contributed by atoms with Crippen LogP contribution in [-0.4, -0.2) is 25.5 Å². The molecule has 25 heavy (non-hydrogen) atoms. The SMILES string of the molecule is COc1ccc(Cl)cc1COC(=O)CNC(=O)c1cc(C)cc(C)c1. The van der Waals surface area contributed by atoms with Crippen molar-refractivity contribution in [1.29, 1.82) is 0 Å². The van der Waals surface area contributed by atoms with E-state index in [4.69, 9.17) is 21.1 Å². The number of carbonyl (C=O) groups excluding carboxylic acids is 2. The number of hydrogen-bond acceptors (Lipinski definition) is 4. The van der Waals surface area contributed by atoms with Crippen LogP contribution in [0.1, 0.15) is 27.0 Å². The van der Waals surface area contributed by atoms with Crippen LogP contribution >= 0.6 is 11.6 Å². The van der Waals surface area contributed by atoms with E-state index in [1.807, 2.05) is 19.9 Å². The molecule has 0 unspecified atom stereocenters. The van der Waals surface area contributed by atoms with Crippen molar-refractivity contribution in [3.05, 3.63) is 63.7 Å². The fourth-order valence-electron chi connectivity index (χ4n) is 2.43. The van der Waals surface area contributed by atoms with Crippen molar-refractivity contribution in [2.24, 2.45) is 0 Å². The standard InChI is InChI=1S/C19H20ClNO4/c1-12-6-13(2)8-14(7-12)19(23)21-10-18(22)25-11-15-9-16(20)4-5-17(15)24-3/h4-9H,10-11H2,1-3H3,(H,21,23). The first-order chi connectivity index (χ1) is 11.9. The summed E-state index contributed by atoms with van der Waals surface area (Å²) in [6, 6.07) is 10.6. The zero-order chi connectivity index (χ0) is 18.4. The van der Waals surface area contributed by atoms with Gasteiger partial charge in [-0.25, -0.2) is 0 Å². The Labute approximate surface area is 151 Å². The lowest BCUT2D eigenvalue weighted by atomic mass is 10.1. The first-order valence-electron chi connectivity index (χ1n) is 7.73. The summed E-state index contributed by atoms with van der Waals surface area (Å²) in [6.45, 7) is 3.63. The van der Waals surface area contributed by atoms with E-state index in [1.165, 1.54) is 7.11 Å². The number of aryl methyl sites for hydroxylation is 2. The average Bonchev–Trinajstić information content (AvgIpc) is 2.57. The van der Waals surface area contributed by atoms with Gasteiger partial charge in [0.05, 0.1) is 7.11 Å². The molecule has 0 spiro atoms. The molecule has 0 aliphatic carbocycles. The van der Waals surface area contributed by atoms with Crippen LogP contribution in [-0.2, 0) is 16.1 Å². The van der Waals surface area contributed by atoms with Crippen LogP contribution < -0.4 is 10.1 Å². The van der Waals surface area contributed by atoms with E-state index in [0.717, 1.165) is 11.1 Å². The van der Waals surface area contributed by atoms with Crippen LogP contribution in [0.5, 0.6) is 5.75 Å². The van der Waals surface area contributed by atoms with Gasteiger partial charge in [0.25, 0.3) is 5.91 Å². The molecule has 0 heterocycles. The lowest BCUT2D eigenvalue weighted by Crippen LogP contribution is -2.30. The van der Waals surface area contributed by atoms with Crippen LogP contribution in [0.4, 0.5) is 0 Å². The summed E-state index contributed by atoms with van der Waals surface area (Å²) in [5, 5.41) is 3.08. The van der Waals surface area contributed by atoms with E-state index in [0.29, 0.717) is 21.9 Å². The third kappa shape index (κ3) is 5.50. The van der Waals surface area contributed by atoms with E-state index < -0.39 is 5.97 Å². The van der Waals surface area contributed by atoms with Crippen molar-refractivity contribution in [2.45, 2.75) is 20.5 Å². The number of carbonyl (C=O) groups is 2. The fraction of sp³-hybridized carbons (Fsp3) is 0.263. The van der Waals surface area contributed by atoms with Gasteiger partial charge in [-0.1, -0.05) is 28.8 Å². The molecule has 0 aromatic heterocycles. The smallest absolute Gasteiger partial charge is 0.325 e. The molecule has 2 aromatic rings. The number of esters is 1. The fourth-order valence-corrected chi connectivity index (χ4v) is 2.62. The molecule has 0 saturated carbocycles. The van der Waals surface area contributed by atoms with E-state index in [9.17, 15) is 9.59 Å². The van der Waals surface area contributed by atoms with Crippen LogP contribution in [0.2, 0.25) is 5.02 Å². The molecule has 132 valence electrons. The molecule has 0 aliphatic heterocycles. The molecule has 1 amide bonds. The molecule has 0 radical (unpaired) electrons. The molecule has 1 N–H and O–H groups in total. The molecule has 2 rings (SSSR count). The molecule has 6 heteroatoms. The first kappa shape index (κ1) is 18.8. The molecular formula is C19H20ClNO4. The Morgan fingerprint density at radius 2 is 1.76 bits per heavy atom. The summed E-state index contributed by atoms with van der Waals surface area (Å²) in [4.78, 5) is 24.0. The molecule has 5 nitrogen and oxygen atoms in total. The van der Waals surface area contributed by atoms with Crippen molar-refractivity contribution < 1.29 is 19.1 Å². The van der Waals surface area contributed by atoms with Crippen LogP contribution in [0.25, 0.3) is 0 Å². The maximum Gasteiger partial charge on any atom is 0.325 e. The Kier molecular flexibility index (Phi) is 6.42. The van der Waals surface area contributed by atoms with Crippen molar-refractivity contribution in [1.82, 2.24) is 5.32 Å². The summed E-state index contributed by atoms with van der Waals surface area (Å²) in [5.74, 6) is -0.277. The number of amides is 1. The number of hydrogen-bond donors (Lipinski definition) is 1. The Hall–Kier alpha value is -2.53. The highest BCUT2D eigenvalue weighted by Crippen LogP contribution is 2.23. The van der Waals surface area contributed by atoms with Gasteiger partial charge >= 0.3 is 5.97 Å². The third-order valence-corrected chi connectivity index (χ3v) is 3.74. The number of methoxy groups -OCH3 is 1. The number of benzene rings is 2. The highest BCUT2D eigenvalue weighted by molar-refractivity contribution is 6.30.